The van der Waals surface area contributed by atoms with Crippen molar-refractivity contribution in [1.82, 2.24) is 10.3 Å². The Morgan fingerprint density at radius 1 is 1.31 bits per heavy atom. The van der Waals surface area contributed by atoms with E-state index in [9.17, 15) is 31.2 Å². The van der Waals surface area contributed by atoms with Crippen molar-refractivity contribution < 1.29 is 31.2 Å². The number of benzene rings is 1. The molecular formula is C18H20F3N3O4S. The van der Waals surface area contributed by atoms with Gasteiger partial charge in [0.25, 0.3) is 5.91 Å². The lowest BCUT2D eigenvalue weighted by molar-refractivity contribution is -0.137. The van der Waals surface area contributed by atoms with Gasteiger partial charge in [0.05, 0.1) is 29.2 Å². The van der Waals surface area contributed by atoms with Crippen LogP contribution >= 0.6 is 0 Å². The molecule has 1 saturated heterocycles. The highest BCUT2D eigenvalue weighted by Crippen LogP contribution is 2.30. The van der Waals surface area contributed by atoms with Crippen LogP contribution in [0.2, 0.25) is 0 Å². The van der Waals surface area contributed by atoms with Gasteiger partial charge in [-0.25, -0.2) is 13.4 Å². The number of amides is 2. The number of hydrogen-bond donors (Lipinski definition) is 1. The van der Waals surface area contributed by atoms with Crippen molar-refractivity contribution in [2.24, 2.45) is 5.10 Å². The molecule has 2 aliphatic rings. The second kappa shape index (κ2) is 7.77. The molecule has 158 valence electrons. The van der Waals surface area contributed by atoms with Crippen LogP contribution < -0.4 is 5.32 Å². The first kappa shape index (κ1) is 21.3. The zero-order chi connectivity index (χ0) is 21.4. The molecule has 3 rings (SSSR count). The Morgan fingerprint density at radius 2 is 2.03 bits per heavy atom. The topological polar surface area (TPSA) is 95.9 Å². The molecule has 0 aromatic heterocycles. The first-order chi connectivity index (χ1) is 13.5. The molecule has 0 aliphatic carbocycles. The molecule has 29 heavy (non-hydrogen) atoms. The normalized spacial score (nSPS) is 22.9. The van der Waals surface area contributed by atoms with Gasteiger partial charge < -0.3 is 5.32 Å². The van der Waals surface area contributed by atoms with Crippen LogP contribution in [0.3, 0.4) is 0 Å². The minimum atomic E-state index is -4.49. The van der Waals surface area contributed by atoms with Crippen molar-refractivity contribution in [3.8, 4) is 0 Å². The Bertz CT molecular complexity index is 959. The quantitative estimate of drug-likeness (QED) is 0.789. The zero-order valence-corrected chi connectivity index (χ0v) is 16.4. The van der Waals surface area contributed by atoms with Gasteiger partial charge in [-0.1, -0.05) is 12.1 Å². The van der Waals surface area contributed by atoms with Crippen LogP contribution in [0.4, 0.5) is 13.2 Å². The van der Waals surface area contributed by atoms with Crippen LogP contribution in [0.1, 0.15) is 43.4 Å². The Labute approximate surface area is 165 Å². The second-order valence-corrected chi connectivity index (χ2v) is 9.39. The standard InChI is InChI=1S/C18H20F3N3O4S/c1-11(12-3-2-4-13(9-12)18(19,20)21)22-17(26)15-5-6-16(25)24(23-15)14-7-8-29(27,28)10-14/h2-4,9,11,14H,5-8,10H2,1H3,(H,22,26). The highest BCUT2D eigenvalue weighted by molar-refractivity contribution is 7.91. The molecule has 2 unspecified atom stereocenters. The van der Waals surface area contributed by atoms with Crippen molar-refractivity contribution in [2.75, 3.05) is 11.5 Å². The van der Waals surface area contributed by atoms with Crippen molar-refractivity contribution in [1.29, 1.82) is 0 Å². The first-order valence-corrected chi connectivity index (χ1v) is 10.9. The minimum absolute atomic E-state index is 0.0146. The number of hydrazone groups is 1. The van der Waals surface area contributed by atoms with E-state index in [4.69, 9.17) is 0 Å². The molecule has 1 N–H and O–H groups in total. The van der Waals surface area contributed by atoms with Crippen molar-refractivity contribution in [2.45, 2.75) is 44.4 Å². The zero-order valence-electron chi connectivity index (χ0n) is 15.6. The Kier molecular flexibility index (Phi) is 5.70. The predicted molar refractivity (Wildman–Crippen MR) is 98.6 cm³/mol. The number of hydrogen-bond acceptors (Lipinski definition) is 5. The summed E-state index contributed by atoms with van der Waals surface area (Å²) in [5.41, 5.74) is -0.488. The summed E-state index contributed by atoms with van der Waals surface area (Å²) in [6.07, 6.45) is -4.14. The SMILES string of the molecule is CC(NC(=O)C1=NN(C2CCS(=O)(=O)C2)C(=O)CC1)c1cccc(C(F)(F)F)c1. The van der Waals surface area contributed by atoms with Crippen LogP contribution in [0.25, 0.3) is 0 Å². The van der Waals surface area contributed by atoms with E-state index in [0.29, 0.717) is 0 Å². The van der Waals surface area contributed by atoms with E-state index in [2.05, 4.69) is 10.4 Å². The summed E-state index contributed by atoms with van der Waals surface area (Å²) in [7, 11) is -3.23. The number of carbonyl (C=O) groups is 2. The summed E-state index contributed by atoms with van der Waals surface area (Å²) in [5, 5.41) is 7.72. The molecule has 1 aromatic rings. The maximum absolute atomic E-state index is 12.9. The molecule has 1 fully saturated rings. The summed E-state index contributed by atoms with van der Waals surface area (Å²) in [6, 6.07) is 3.33. The Morgan fingerprint density at radius 3 is 2.66 bits per heavy atom. The van der Waals surface area contributed by atoms with Gasteiger partial charge in [-0.15, -0.1) is 0 Å². The predicted octanol–water partition coefficient (Wildman–Crippen LogP) is 2.05. The fourth-order valence-corrected chi connectivity index (χ4v) is 5.03. The Balaban J connectivity index is 1.73. The molecular weight excluding hydrogens is 411 g/mol. The van der Waals surface area contributed by atoms with E-state index in [1.165, 1.54) is 12.1 Å². The molecule has 0 bridgehead atoms. The third kappa shape index (κ3) is 4.95. The fourth-order valence-electron chi connectivity index (χ4n) is 3.34. The monoisotopic (exact) mass is 431 g/mol. The highest BCUT2D eigenvalue weighted by atomic mass is 32.2. The molecule has 2 aliphatic heterocycles. The molecule has 1 aromatic carbocycles. The van der Waals surface area contributed by atoms with Gasteiger partial charge in [0, 0.05) is 12.8 Å². The number of rotatable bonds is 4. The molecule has 2 amide bonds. The van der Waals surface area contributed by atoms with Crippen LogP contribution in [-0.2, 0) is 25.6 Å². The van der Waals surface area contributed by atoms with E-state index in [1.54, 1.807) is 6.92 Å². The van der Waals surface area contributed by atoms with Crippen molar-refractivity contribution >= 4 is 27.4 Å². The number of sulfone groups is 1. The highest BCUT2D eigenvalue weighted by Gasteiger charge is 2.37. The lowest BCUT2D eigenvalue weighted by atomic mass is 10.0. The van der Waals surface area contributed by atoms with E-state index in [-0.39, 0.29) is 48.0 Å². The van der Waals surface area contributed by atoms with Gasteiger partial charge in [-0.05, 0) is 31.0 Å². The van der Waals surface area contributed by atoms with Gasteiger partial charge >= 0.3 is 6.18 Å². The molecule has 11 heteroatoms. The van der Waals surface area contributed by atoms with Gasteiger partial charge in [0.15, 0.2) is 9.84 Å². The lowest BCUT2D eigenvalue weighted by Gasteiger charge is -2.28. The van der Waals surface area contributed by atoms with E-state index in [1.807, 2.05) is 0 Å². The number of nitrogens with zero attached hydrogens (tertiary/aromatic N) is 2. The average molecular weight is 431 g/mol. The average Bonchev–Trinajstić information content (AvgIpc) is 3.01. The maximum atomic E-state index is 12.9. The lowest BCUT2D eigenvalue weighted by Crippen LogP contribution is -2.44. The van der Waals surface area contributed by atoms with Crippen molar-refractivity contribution in [3.05, 3.63) is 35.4 Å². The first-order valence-electron chi connectivity index (χ1n) is 9.04. The number of alkyl halides is 3. The summed E-state index contributed by atoms with van der Waals surface area (Å²) < 4.78 is 62.0. The van der Waals surface area contributed by atoms with Crippen molar-refractivity contribution in [3.63, 3.8) is 0 Å². The van der Waals surface area contributed by atoms with Gasteiger partial charge in [0.1, 0.15) is 5.71 Å². The van der Waals surface area contributed by atoms with E-state index < -0.39 is 39.6 Å². The van der Waals surface area contributed by atoms with E-state index in [0.717, 1.165) is 17.1 Å². The summed E-state index contributed by atoms with van der Waals surface area (Å²) in [6.45, 7) is 1.54. The minimum Gasteiger partial charge on any atom is -0.344 e. The van der Waals surface area contributed by atoms with Crippen LogP contribution in [0.15, 0.2) is 29.4 Å². The van der Waals surface area contributed by atoms with Crippen LogP contribution in [0, 0.1) is 0 Å². The maximum Gasteiger partial charge on any atom is 0.416 e. The van der Waals surface area contributed by atoms with Gasteiger partial charge in [-0.2, -0.15) is 18.3 Å². The summed E-state index contributed by atoms with van der Waals surface area (Å²) in [5.74, 6) is -1.19. The second-order valence-electron chi connectivity index (χ2n) is 7.16. The summed E-state index contributed by atoms with van der Waals surface area (Å²) in [4.78, 5) is 24.7. The smallest absolute Gasteiger partial charge is 0.344 e. The molecule has 2 atom stereocenters. The third-order valence-electron chi connectivity index (χ3n) is 4.94. The van der Waals surface area contributed by atoms with E-state index >= 15 is 0 Å². The van der Waals surface area contributed by atoms with Gasteiger partial charge in [-0.3, -0.25) is 9.59 Å². The number of halogens is 3. The molecule has 0 radical (unpaired) electrons. The molecule has 0 spiro atoms. The number of carbonyl (C=O) groups excluding carboxylic acids is 2. The largest absolute Gasteiger partial charge is 0.416 e. The van der Waals surface area contributed by atoms with Crippen LogP contribution in [0.5, 0.6) is 0 Å². The molecule has 0 saturated carbocycles. The fraction of sp³-hybridized carbons (Fsp3) is 0.500. The summed E-state index contributed by atoms with van der Waals surface area (Å²) >= 11 is 0. The third-order valence-corrected chi connectivity index (χ3v) is 6.69. The molecule has 2 heterocycles. The van der Waals surface area contributed by atoms with Crippen LogP contribution in [-0.4, -0.2) is 48.5 Å². The number of nitrogens with one attached hydrogen (secondary N) is 1. The molecule has 7 nitrogen and oxygen atoms in total. The van der Waals surface area contributed by atoms with Gasteiger partial charge in [0.2, 0.25) is 5.91 Å². The Hall–Kier alpha value is -2.43.